The average molecular weight is 349 g/mol. The number of fused-ring (bicyclic) bond motifs is 1. The van der Waals surface area contributed by atoms with Crippen LogP contribution in [0.2, 0.25) is 0 Å². The Hall–Kier alpha value is -3.07. The molecule has 26 heavy (non-hydrogen) atoms. The summed E-state index contributed by atoms with van der Waals surface area (Å²) in [6.07, 6.45) is 4.32. The van der Waals surface area contributed by atoms with Gasteiger partial charge in [-0.05, 0) is 36.5 Å². The number of nitrogens with one attached hydrogen (secondary N) is 1. The lowest BCUT2D eigenvalue weighted by Crippen LogP contribution is -2.22. The fourth-order valence-corrected chi connectivity index (χ4v) is 3.28. The molecule has 0 bridgehead atoms. The summed E-state index contributed by atoms with van der Waals surface area (Å²) >= 11 is 0. The number of carbonyl (C=O) groups is 2. The maximum atomic E-state index is 12.3. The number of hydrogen-bond acceptors (Lipinski definition) is 4. The van der Waals surface area contributed by atoms with Crippen LogP contribution in [0.4, 0.5) is 0 Å². The lowest BCUT2D eigenvalue weighted by atomic mass is 9.97. The van der Waals surface area contributed by atoms with Gasteiger partial charge in [-0.25, -0.2) is 4.79 Å². The van der Waals surface area contributed by atoms with Crippen LogP contribution >= 0.6 is 0 Å². The van der Waals surface area contributed by atoms with Crippen LogP contribution in [-0.2, 0) is 23.3 Å². The molecule has 0 atom stereocenters. The maximum absolute atomic E-state index is 12.3. The summed E-state index contributed by atoms with van der Waals surface area (Å²) in [6.45, 7) is 1.50. The highest BCUT2D eigenvalue weighted by atomic mass is 16.5. The van der Waals surface area contributed by atoms with Crippen molar-refractivity contribution in [2.45, 2.75) is 37.8 Å². The van der Waals surface area contributed by atoms with E-state index in [4.69, 9.17) is 4.74 Å². The number of rotatable bonds is 4. The molecule has 1 N–H and O–H groups in total. The zero-order chi connectivity index (χ0) is 18.1. The minimum atomic E-state index is -0.446. The quantitative estimate of drug-likeness (QED) is 0.860. The lowest BCUT2D eigenvalue weighted by Gasteiger charge is -2.08. The smallest absolute Gasteiger partial charge is 0.340 e. The second-order valence-corrected chi connectivity index (χ2v) is 6.88. The first-order valence-corrected chi connectivity index (χ1v) is 8.77. The Balaban J connectivity index is 1.41. The number of nitrogens with zero attached hydrogens (tertiary/aromatic N) is 2. The number of amides is 1. The van der Waals surface area contributed by atoms with E-state index in [-0.39, 0.29) is 17.9 Å². The molecule has 4 rings (SSSR count). The summed E-state index contributed by atoms with van der Waals surface area (Å²) in [5.74, 6) is -0.609. The Bertz CT molecular complexity index is 901. The van der Waals surface area contributed by atoms with E-state index in [2.05, 4.69) is 11.4 Å². The van der Waals surface area contributed by atoms with Crippen LogP contribution < -0.4 is 5.32 Å². The van der Waals surface area contributed by atoms with E-state index in [9.17, 15) is 14.9 Å². The average Bonchev–Trinajstić information content (AvgIpc) is 3.39. The second-order valence-electron chi connectivity index (χ2n) is 6.88. The van der Waals surface area contributed by atoms with Crippen molar-refractivity contribution in [2.75, 3.05) is 6.54 Å². The Morgan fingerprint density at radius 3 is 2.77 bits per heavy atom. The van der Waals surface area contributed by atoms with Crippen molar-refractivity contribution in [1.29, 1.82) is 5.26 Å². The van der Waals surface area contributed by atoms with E-state index >= 15 is 0 Å². The van der Waals surface area contributed by atoms with E-state index in [1.54, 1.807) is 16.8 Å². The van der Waals surface area contributed by atoms with Gasteiger partial charge in [0.15, 0.2) is 0 Å². The molecule has 2 heterocycles. The third-order valence-corrected chi connectivity index (χ3v) is 5.07. The van der Waals surface area contributed by atoms with E-state index in [1.807, 2.05) is 24.3 Å². The first kappa shape index (κ1) is 16.4. The fourth-order valence-electron chi connectivity index (χ4n) is 3.28. The van der Waals surface area contributed by atoms with Crippen molar-refractivity contribution in [1.82, 2.24) is 9.88 Å². The van der Waals surface area contributed by atoms with Gasteiger partial charge >= 0.3 is 5.97 Å². The van der Waals surface area contributed by atoms with Gasteiger partial charge in [-0.1, -0.05) is 24.3 Å². The first-order valence-electron chi connectivity index (χ1n) is 8.77. The van der Waals surface area contributed by atoms with Crippen LogP contribution in [0.3, 0.4) is 0 Å². The number of hydrogen-bond donors (Lipinski definition) is 1. The van der Waals surface area contributed by atoms with Crippen molar-refractivity contribution in [2.24, 2.45) is 0 Å². The van der Waals surface area contributed by atoms with Gasteiger partial charge in [-0.3, -0.25) is 4.79 Å². The van der Waals surface area contributed by atoms with Crippen molar-refractivity contribution in [3.63, 3.8) is 0 Å². The molecule has 6 heteroatoms. The van der Waals surface area contributed by atoms with Gasteiger partial charge in [0.1, 0.15) is 12.3 Å². The number of aryl methyl sites for hydroxylation is 1. The van der Waals surface area contributed by atoms with Crippen molar-refractivity contribution in [3.8, 4) is 6.07 Å². The second kappa shape index (κ2) is 6.34. The minimum Gasteiger partial charge on any atom is -0.457 e. The predicted molar refractivity (Wildman–Crippen MR) is 93.5 cm³/mol. The molecule has 1 aromatic carbocycles. The van der Waals surface area contributed by atoms with Gasteiger partial charge in [0.2, 0.25) is 0 Å². The van der Waals surface area contributed by atoms with Gasteiger partial charge in [0, 0.05) is 19.3 Å². The Morgan fingerprint density at radius 2 is 2.08 bits per heavy atom. The van der Waals surface area contributed by atoms with E-state index in [1.165, 1.54) is 0 Å². The molecular formula is C20H19N3O3. The zero-order valence-corrected chi connectivity index (χ0v) is 14.3. The van der Waals surface area contributed by atoms with E-state index < -0.39 is 5.97 Å². The van der Waals surface area contributed by atoms with Gasteiger partial charge in [0.05, 0.1) is 17.0 Å². The van der Waals surface area contributed by atoms with Crippen LogP contribution in [0.5, 0.6) is 0 Å². The molecule has 6 nitrogen and oxygen atoms in total. The minimum absolute atomic E-state index is 0.158. The first-order chi connectivity index (χ1) is 12.6. The molecule has 0 radical (unpaired) electrons. The molecule has 2 aliphatic rings. The number of benzene rings is 1. The van der Waals surface area contributed by atoms with Crippen LogP contribution in [-0.4, -0.2) is 23.0 Å². The van der Waals surface area contributed by atoms with Gasteiger partial charge in [0.25, 0.3) is 5.91 Å². The van der Waals surface area contributed by atoms with Crippen molar-refractivity contribution < 1.29 is 14.3 Å². The highest BCUT2D eigenvalue weighted by Gasteiger charge is 2.44. The summed E-state index contributed by atoms with van der Waals surface area (Å²) in [7, 11) is 0. The Morgan fingerprint density at radius 1 is 1.31 bits per heavy atom. The van der Waals surface area contributed by atoms with Gasteiger partial charge < -0.3 is 14.6 Å². The molecule has 1 fully saturated rings. The predicted octanol–water partition coefficient (Wildman–Crippen LogP) is 2.53. The molecule has 1 saturated carbocycles. The van der Waals surface area contributed by atoms with Crippen LogP contribution in [0, 0.1) is 11.3 Å². The number of nitriles is 1. The molecule has 0 saturated heterocycles. The molecule has 2 aromatic rings. The number of carbonyl (C=O) groups excluding carboxylic acids is 2. The third kappa shape index (κ3) is 2.97. The molecule has 0 unspecified atom stereocenters. The zero-order valence-electron chi connectivity index (χ0n) is 14.3. The maximum Gasteiger partial charge on any atom is 0.340 e. The van der Waals surface area contributed by atoms with Gasteiger partial charge in [-0.2, -0.15) is 5.26 Å². The fraction of sp³-hybridized carbons (Fsp3) is 0.350. The standard InChI is InChI=1S/C20H19N3O3/c21-13-20(6-7-20)16-4-2-14(3-5-16)12-26-19(25)15-10-17-18(24)22-8-1-9-23(17)11-15/h2-5,10-11H,1,6-9,12H2,(H,22,24). The van der Waals surface area contributed by atoms with Crippen molar-refractivity contribution in [3.05, 3.63) is 58.9 Å². The Labute approximate surface area is 151 Å². The van der Waals surface area contributed by atoms with Crippen LogP contribution in [0.15, 0.2) is 36.5 Å². The molecule has 1 amide bonds. The van der Waals surface area contributed by atoms with E-state index in [0.717, 1.165) is 30.4 Å². The highest BCUT2D eigenvalue weighted by molar-refractivity contribution is 5.97. The van der Waals surface area contributed by atoms with Crippen LogP contribution in [0.1, 0.15) is 51.2 Å². The van der Waals surface area contributed by atoms with Gasteiger partial charge in [-0.15, -0.1) is 0 Å². The number of aromatic nitrogens is 1. The summed E-state index contributed by atoms with van der Waals surface area (Å²) in [5.41, 5.74) is 2.46. The molecular weight excluding hydrogens is 330 g/mol. The van der Waals surface area contributed by atoms with Crippen molar-refractivity contribution >= 4 is 11.9 Å². The number of esters is 1. The summed E-state index contributed by atoms with van der Waals surface area (Å²) in [6, 6.07) is 11.6. The monoisotopic (exact) mass is 349 g/mol. The highest BCUT2D eigenvalue weighted by Crippen LogP contribution is 2.47. The summed E-state index contributed by atoms with van der Waals surface area (Å²) in [4.78, 5) is 24.3. The van der Waals surface area contributed by atoms with E-state index in [0.29, 0.717) is 24.3 Å². The van der Waals surface area contributed by atoms with Crippen LogP contribution in [0.25, 0.3) is 0 Å². The molecule has 0 spiro atoms. The number of ether oxygens (including phenoxy) is 1. The lowest BCUT2D eigenvalue weighted by molar-refractivity contribution is 0.0472. The largest absolute Gasteiger partial charge is 0.457 e. The summed E-state index contributed by atoms with van der Waals surface area (Å²) < 4.78 is 7.17. The normalized spacial score (nSPS) is 17.4. The topological polar surface area (TPSA) is 84.1 Å². The molecule has 1 aromatic heterocycles. The molecule has 1 aliphatic heterocycles. The summed E-state index contributed by atoms with van der Waals surface area (Å²) in [5, 5.41) is 12.0. The Kier molecular flexibility index (Phi) is 4.00. The third-order valence-electron chi connectivity index (χ3n) is 5.07. The molecule has 132 valence electrons. The molecule has 1 aliphatic carbocycles. The SMILES string of the molecule is N#CC1(c2ccc(COC(=O)c3cc4n(c3)CCCNC4=O)cc2)CC1.